The number of Topliss-reactive ketones (excluding diaryl/α,β-unsaturated/α-hetero) is 1. The number of fused-ring (bicyclic) bond motifs is 3. The molecule has 1 amide bonds. The summed E-state index contributed by atoms with van der Waals surface area (Å²) in [5.74, 6) is -0.814. The van der Waals surface area contributed by atoms with Crippen molar-refractivity contribution in [2.45, 2.75) is 19.4 Å². The molecule has 0 radical (unpaired) electrons. The van der Waals surface area contributed by atoms with Crippen LogP contribution in [0.1, 0.15) is 33.4 Å². The first-order valence-electron chi connectivity index (χ1n) is 13.8. The lowest BCUT2D eigenvalue weighted by Gasteiger charge is -2.30. The summed E-state index contributed by atoms with van der Waals surface area (Å²) in [6.45, 7) is 10.2. The van der Waals surface area contributed by atoms with E-state index in [1.165, 1.54) is 11.3 Å². The number of aromatic nitrogens is 2. The van der Waals surface area contributed by atoms with Gasteiger partial charge in [-0.05, 0) is 43.2 Å². The van der Waals surface area contributed by atoms with Gasteiger partial charge < -0.3 is 19.5 Å². The van der Waals surface area contributed by atoms with Crippen LogP contribution in [0.2, 0.25) is 0 Å². The predicted octanol–water partition coefficient (Wildman–Crippen LogP) is 4.72. The van der Waals surface area contributed by atoms with E-state index >= 15 is 0 Å². The molecule has 2 aliphatic rings. The summed E-state index contributed by atoms with van der Waals surface area (Å²) in [6.07, 6.45) is 2.35. The molecule has 9 nitrogen and oxygen atoms in total. The number of aliphatic hydroxyl groups is 1. The molecule has 212 valence electrons. The highest BCUT2D eigenvalue weighted by molar-refractivity contribution is 7.19. The Hall–Kier alpha value is -3.99. The second-order valence-corrected chi connectivity index (χ2v) is 11.2. The van der Waals surface area contributed by atoms with Gasteiger partial charge in [0.1, 0.15) is 12.4 Å². The van der Waals surface area contributed by atoms with Crippen LogP contribution in [0, 0.1) is 6.92 Å². The number of carbonyl (C=O) groups is 2. The molecule has 6 rings (SSSR count). The Bertz CT molecular complexity index is 1670. The number of hydrogen-bond acceptors (Lipinski definition) is 8. The molecule has 2 aromatic heterocycles. The third-order valence-corrected chi connectivity index (χ3v) is 8.80. The van der Waals surface area contributed by atoms with Crippen molar-refractivity contribution in [3.8, 4) is 5.75 Å². The van der Waals surface area contributed by atoms with Crippen molar-refractivity contribution in [2.24, 2.45) is 0 Å². The van der Waals surface area contributed by atoms with Crippen LogP contribution in [-0.2, 0) is 9.53 Å². The number of benzene rings is 2. The Labute approximate surface area is 241 Å². The van der Waals surface area contributed by atoms with Crippen molar-refractivity contribution in [3.63, 3.8) is 0 Å². The molecule has 2 aromatic carbocycles. The van der Waals surface area contributed by atoms with Crippen LogP contribution in [-0.4, -0.2) is 82.0 Å². The van der Waals surface area contributed by atoms with Crippen molar-refractivity contribution < 1.29 is 24.2 Å². The first-order valence-corrected chi connectivity index (χ1v) is 14.6. The third-order valence-electron chi connectivity index (χ3n) is 7.66. The van der Waals surface area contributed by atoms with Crippen LogP contribution in [0.4, 0.5) is 0 Å². The Morgan fingerprint density at radius 3 is 2.80 bits per heavy atom. The number of rotatable bonds is 10. The molecule has 1 unspecified atom stereocenters. The van der Waals surface area contributed by atoms with E-state index in [0.717, 1.165) is 36.4 Å². The number of carbonyl (C=O) groups excluding carboxylic acids is 2. The zero-order chi connectivity index (χ0) is 28.5. The molecule has 0 spiro atoms. The van der Waals surface area contributed by atoms with Gasteiger partial charge in [0.05, 0.1) is 40.7 Å². The Morgan fingerprint density at radius 1 is 1.20 bits per heavy atom. The Morgan fingerprint density at radius 2 is 2.00 bits per heavy atom. The molecule has 2 aliphatic heterocycles. The van der Waals surface area contributed by atoms with Gasteiger partial charge >= 0.3 is 0 Å². The van der Waals surface area contributed by atoms with E-state index in [0.29, 0.717) is 53.9 Å². The van der Waals surface area contributed by atoms with Crippen molar-refractivity contribution in [1.82, 2.24) is 19.2 Å². The molecule has 1 saturated heterocycles. The van der Waals surface area contributed by atoms with Crippen LogP contribution >= 0.6 is 11.3 Å². The fourth-order valence-electron chi connectivity index (χ4n) is 5.68. The van der Waals surface area contributed by atoms with Gasteiger partial charge in [-0.2, -0.15) is 0 Å². The molecular formula is C31H32N4O5S. The molecule has 1 atom stereocenters. The number of ketones is 1. The van der Waals surface area contributed by atoms with Gasteiger partial charge in [-0.3, -0.25) is 18.9 Å². The number of amides is 1. The quantitative estimate of drug-likeness (QED) is 0.217. The van der Waals surface area contributed by atoms with E-state index in [1.54, 1.807) is 11.0 Å². The summed E-state index contributed by atoms with van der Waals surface area (Å²) in [6, 6.07) is 14.4. The smallest absolute Gasteiger partial charge is 0.290 e. The Kier molecular flexibility index (Phi) is 7.61. The van der Waals surface area contributed by atoms with Gasteiger partial charge in [0, 0.05) is 31.9 Å². The van der Waals surface area contributed by atoms with Gasteiger partial charge in [0.25, 0.3) is 5.91 Å². The number of thiazole rings is 1. The van der Waals surface area contributed by atoms with Crippen molar-refractivity contribution in [3.05, 3.63) is 88.7 Å². The average molecular weight is 573 g/mol. The lowest BCUT2D eigenvalue weighted by molar-refractivity contribution is -0.129. The number of hydrogen-bond donors (Lipinski definition) is 1. The first-order chi connectivity index (χ1) is 20.0. The van der Waals surface area contributed by atoms with Crippen LogP contribution in [0.5, 0.6) is 5.75 Å². The number of aliphatic hydroxyl groups excluding tert-OH is 1. The number of ether oxygens (including phenoxy) is 2. The maximum absolute atomic E-state index is 14.2. The third kappa shape index (κ3) is 5.03. The van der Waals surface area contributed by atoms with E-state index in [4.69, 9.17) is 14.5 Å². The summed E-state index contributed by atoms with van der Waals surface area (Å²) < 4.78 is 13.2. The maximum atomic E-state index is 14.2. The highest BCUT2D eigenvalue weighted by Crippen LogP contribution is 2.41. The predicted molar refractivity (Wildman–Crippen MR) is 158 cm³/mol. The molecule has 4 aromatic rings. The number of aryl methyl sites for hydroxylation is 1. The molecule has 0 saturated carbocycles. The first kappa shape index (κ1) is 27.2. The van der Waals surface area contributed by atoms with Crippen LogP contribution in [0.25, 0.3) is 16.0 Å². The standard InChI is InChI=1S/C31H32N4O5S/c1-3-16-40-22-9-6-8-21(19-22)26-25(28(37)30(38)34(26)13-7-12-33-14-17-39-18-15-33)27(36)29-20(2)35-24-11-5-4-10-23(24)32-31(35)41-29/h3-6,8-11,19,26,37H,1,7,12-18H2,2H3. The second kappa shape index (κ2) is 11.5. The van der Waals surface area contributed by atoms with E-state index in [9.17, 15) is 14.7 Å². The lowest BCUT2D eigenvalue weighted by atomic mass is 9.94. The van der Waals surface area contributed by atoms with Gasteiger partial charge in [-0.15, -0.1) is 0 Å². The zero-order valence-electron chi connectivity index (χ0n) is 22.9. The van der Waals surface area contributed by atoms with E-state index in [2.05, 4.69) is 11.5 Å². The summed E-state index contributed by atoms with van der Waals surface area (Å²) in [7, 11) is 0. The molecule has 0 aliphatic carbocycles. The van der Waals surface area contributed by atoms with Crippen LogP contribution in [0.3, 0.4) is 0 Å². The maximum Gasteiger partial charge on any atom is 0.290 e. The molecule has 0 bridgehead atoms. The number of morpholine rings is 1. The van der Waals surface area contributed by atoms with Crippen LogP contribution in [0.15, 0.2) is 72.5 Å². The zero-order valence-corrected chi connectivity index (χ0v) is 23.7. The summed E-state index contributed by atoms with van der Waals surface area (Å²) >= 11 is 1.27. The highest BCUT2D eigenvalue weighted by Gasteiger charge is 2.44. The lowest BCUT2D eigenvalue weighted by Crippen LogP contribution is -2.39. The van der Waals surface area contributed by atoms with Gasteiger partial charge in [-0.25, -0.2) is 4.98 Å². The topological polar surface area (TPSA) is 96.6 Å². The van der Waals surface area contributed by atoms with E-state index < -0.39 is 17.7 Å². The molecule has 1 N–H and O–H groups in total. The Balaban J connectivity index is 1.36. The largest absolute Gasteiger partial charge is 0.503 e. The minimum atomic E-state index is -0.752. The van der Waals surface area contributed by atoms with Gasteiger partial charge in [0.2, 0.25) is 5.78 Å². The summed E-state index contributed by atoms with van der Waals surface area (Å²) in [5, 5.41) is 11.2. The SMILES string of the molecule is C=CCOc1cccc(C2C(C(=O)c3sc4nc5ccccc5n4c3C)=C(O)C(=O)N2CCCN2CCOCC2)c1. The van der Waals surface area contributed by atoms with Crippen LogP contribution < -0.4 is 4.74 Å². The van der Waals surface area contributed by atoms with E-state index in [1.807, 2.05) is 59.9 Å². The summed E-state index contributed by atoms with van der Waals surface area (Å²) in [4.78, 5) is 37.5. The molecule has 10 heteroatoms. The number of nitrogens with zero attached hydrogens (tertiary/aromatic N) is 4. The van der Waals surface area contributed by atoms with Crippen molar-refractivity contribution in [1.29, 1.82) is 0 Å². The van der Waals surface area contributed by atoms with Crippen molar-refractivity contribution in [2.75, 3.05) is 46.0 Å². The number of imidazole rings is 1. The fourth-order valence-corrected chi connectivity index (χ4v) is 6.77. The molecular weight excluding hydrogens is 540 g/mol. The normalized spacial score (nSPS) is 18.1. The minimum absolute atomic E-state index is 0.0825. The monoisotopic (exact) mass is 572 g/mol. The van der Waals surface area contributed by atoms with Crippen molar-refractivity contribution >= 4 is 39.0 Å². The number of para-hydroxylation sites is 2. The van der Waals surface area contributed by atoms with Gasteiger partial charge in [0.15, 0.2) is 10.7 Å². The second-order valence-electron chi connectivity index (χ2n) is 10.2. The molecule has 4 heterocycles. The van der Waals surface area contributed by atoms with E-state index in [-0.39, 0.29) is 11.4 Å². The fraction of sp³-hybridized carbons (Fsp3) is 0.323. The average Bonchev–Trinajstić information content (AvgIpc) is 3.61. The molecule has 41 heavy (non-hydrogen) atoms. The molecule has 1 fully saturated rings. The highest BCUT2D eigenvalue weighted by atomic mass is 32.1. The summed E-state index contributed by atoms with van der Waals surface area (Å²) in [5.41, 5.74) is 3.26. The minimum Gasteiger partial charge on any atom is -0.503 e. The van der Waals surface area contributed by atoms with Gasteiger partial charge in [-0.1, -0.05) is 48.3 Å².